The first-order valence-corrected chi connectivity index (χ1v) is 8.30. The van der Waals surface area contributed by atoms with E-state index in [4.69, 9.17) is 11.6 Å². The first-order chi connectivity index (χ1) is 10.2. The number of rotatable bonds is 5. The maximum absolute atomic E-state index is 12.4. The first-order valence-electron chi connectivity index (χ1n) is 6.98. The minimum absolute atomic E-state index is 0.0589. The molecule has 1 aromatic carbocycles. The van der Waals surface area contributed by atoms with E-state index in [2.05, 4.69) is 11.4 Å². The Morgan fingerprint density at radius 3 is 2.81 bits per heavy atom. The minimum Gasteiger partial charge on any atom is -0.332 e. The molecule has 1 fully saturated rings. The topological polar surface area (TPSA) is 20.3 Å². The number of carbonyl (C=O) groups is 1. The summed E-state index contributed by atoms with van der Waals surface area (Å²) >= 11 is 7.77. The zero-order valence-corrected chi connectivity index (χ0v) is 13.1. The average molecular weight is 318 g/mol. The summed E-state index contributed by atoms with van der Waals surface area (Å²) in [6.45, 7) is 0.694. The Morgan fingerprint density at radius 1 is 1.33 bits per heavy atom. The van der Waals surface area contributed by atoms with Crippen molar-refractivity contribution in [3.63, 3.8) is 0 Å². The van der Waals surface area contributed by atoms with E-state index in [9.17, 15) is 4.79 Å². The predicted molar refractivity (Wildman–Crippen MR) is 88.4 cm³/mol. The second-order valence-corrected chi connectivity index (χ2v) is 6.37. The lowest BCUT2D eigenvalue weighted by Gasteiger charge is -2.20. The maximum Gasteiger partial charge on any atom is 0.247 e. The molecule has 21 heavy (non-hydrogen) atoms. The monoisotopic (exact) mass is 317 g/mol. The van der Waals surface area contributed by atoms with Crippen molar-refractivity contribution < 1.29 is 4.79 Å². The fraction of sp³-hybridized carbons (Fsp3) is 0.235. The van der Waals surface area contributed by atoms with Gasteiger partial charge in [-0.1, -0.05) is 29.8 Å². The zero-order valence-electron chi connectivity index (χ0n) is 11.5. The molecular weight excluding hydrogens is 302 g/mol. The Morgan fingerprint density at radius 2 is 2.14 bits per heavy atom. The quantitative estimate of drug-likeness (QED) is 0.738. The van der Waals surface area contributed by atoms with Gasteiger partial charge in [0.2, 0.25) is 5.91 Å². The molecule has 1 aliphatic rings. The van der Waals surface area contributed by atoms with Gasteiger partial charge in [-0.05, 0) is 52.9 Å². The van der Waals surface area contributed by atoms with Gasteiger partial charge in [0.05, 0.1) is 0 Å². The highest BCUT2D eigenvalue weighted by Gasteiger charge is 2.31. The molecule has 1 heterocycles. The lowest BCUT2D eigenvalue weighted by atomic mass is 10.2. The highest BCUT2D eigenvalue weighted by atomic mass is 35.5. The van der Waals surface area contributed by atoms with Gasteiger partial charge in [-0.2, -0.15) is 11.3 Å². The molecule has 0 bridgehead atoms. The Hall–Kier alpha value is -1.58. The van der Waals surface area contributed by atoms with Crippen LogP contribution in [0.3, 0.4) is 0 Å². The van der Waals surface area contributed by atoms with Gasteiger partial charge < -0.3 is 4.90 Å². The number of hydrogen-bond donors (Lipinski definition) is 0. The van der Waals surface area contributed by atoms with E-state index in [0.717, 1.165) is 18.4 Å². The molecule has 4 heteroatoms. The van der Waals surface area contributed by atoms with E-state index >= 15 is 0 Å². The summed E-state index contributed by atoms with van der Waals surface area (Å²) in [5.74, 6) is 0.0589. The molecule has 0 radical (unpaired) electrons. The number of hydrogen-bond acceptors (Lipinski definition) is 2. The molecule has 0 unspecified atom stereocenters. The number of benzene rings is 1. The molecule has 2 nitrogen and oxygen atoms in total. The number of halogens is 1. The number of thiophene rings is 1. The van der Waals surface area contributed by atoms with E-state index in [1.807, 2.05) is 34.5 Å². The molecule has 0 saturated heterocycles. The van der Waals surface area contributed by atoms with Crippen LogP contribution in [0.4, 0.5) is 0 Å². The summed E-state index contributed by atoms with van der Waals surface area (Å²) in [6.07, 6.45) is 5.64. The van der Waals surface area contributed by atoms with Crippen LogP contribution in [-0.4, -0.2) is 16.8 Å². The smallest absolute Gasteiger partial charge is 0.247 e. The van der Waals surface area contributed by atoms with Gasteiger partial charge in [-0.15, -0.1) is 0 Å². The second-order valence-electron chi connectivity index (χ2n) is 5.18. The van der Waals surface area contributed by atoms with Crippen molar-refractivity contribution in [3.8, 4) is 0 Å². The molecule has 0 N–H and O–H groups in total. The van der Waals surface area contributed by atoms with Crippen LogP contribution < -0.4 is 0 Å². The lowest BCUT2D eigenvalue weighted by molar-refractivity contribution is -0.127. The highest BCUT2D eigenvalue weighted by Crippen LogP contribution is 2.29. The molecule has 0 atom stereocenters. The van der Waals surface area contributed by atoms with Crippen molar-refractivity contribution in [2.45, 2.75) is 25.4 Å². The van der Waals surface area contributed by atoms with E-state index in [1.165, 1.54) is 5.56 Å². The van der Waals surface area contributed by atoms with E-state index < -0.39 is 0 Å². The van der Waals surface area contributed by atoms with Crippen LogP contribution in [0.25, 0.3) is 6.08 Å². The molecule has 1 aliphatic carbocycles. The summed E-state index contributed by atoms with van der Waals surface area (Å²) in [4.78, 5) is 14.4. The van der Waals surface area contributed by atoms with E-state index in [0.29, 0.717) is 17.6 Å². The number of amides is 1. The van der Waals surface area contributed by atoms with Crippen molar-refractivity contribution in [2.24, 2.45) is 0 Å². The molecule has 108 valence electrons. The number of carbonyl (C=O) groups excluding carboxylic acids is 1. The van der Waals surface area contributed by atoms with Gasteiger partial charge in [0.25, 0.3) is 0 Å². The summed E-state index contributed by atoms with van der Waals surface area (Å²) in [5, 5.41) is 4.81. The lowest BCUT2D eigenvalue weighted by Crippen LogP contribution is -2.30. The van der Waals surface area contributed by atoms with Gasteiger partial charge in [0.15, 0.2) is 0 Å². The van der Waals surface area contributed by atoms with Crippen LogP contribution in [0.5, 0.6) is 0 Å². The molecule has 1 saturated carbocycles. The Kier molecular flexibility index (Phi) is 4.42. The average Bonchev–Trinajstić information content (AvgIpc) is 3.20. The van der Waals surface area contributed by atoms with E-state index in [1.54, 1.807) is 23.5 Å². The predicted octanol–water partition coefficient (Wildman–Crippen LogP) is 4.61. The van der Waals surface area contributed by atoms with Crippen LogP contribution in [0.2, 0.25) is 5.02 Å². The molecule has 0 aliphatic heterocycles. The highest BCUT2D eigenvalue weighted by molar-refractivity contribution is 7.07. The van der Waals surface area contributed by atoms with Crippen molar-refractivity contribution in [1.29, 1.82) is 0 Å². The van der Waals surface area contributed by atoms with Gasteiger partial charge in [-0.3, -0.25) is 4.79 Å². The summed E-state index contributed by atoms with van der Waals surface area (Å²) < 4.78 is 0. The van der Waals surface area contributed by atoms with Crippen molar-refractivity contribution in [2.75, 3.05) is 0 Å². The van der Waals surface area contributed by atoms with Crippen molar-refractivity contribution >= 4 is 34.9 Å². The molecule has 1 aromatic heterocycles. The van der Waals surface area contributed by atoms with Gasteiger partial charge in [-0.25, -0.2) is 0 Å². The van der Waals surface area contributed by atoms with Gasteiger partial charge in [0.1, 0.15) is 0 Å². The maximum atomic E-state index is 12.4. The first kappa shape index (κ1) is 14.4. The molecular formula is C17H16ClNOS. The Bertz CT molecular complexity index is 647. The third kappa shape index (κ3) is 3.74. The van der Waals surface area contributed by atoms with Crippen LogP contribution in [-0.2, 0) is 11.3 Å². The summed E-state index contributed by atoms with van der Waals surface area (Å²) in [6, 6.07) is 10.0. The minimum atomic E-state index is 0.0589. The molecule has 3 rings (SSSR count). The normalized spacial score (nSPS) is 14.5. The van der Waals surface area contributed by atoms with Gasteiger partial charge >= 0.3 is 0 Å². The Balaban J connectivity index is 1.71. The molecule has 2 aromatic rings. The SMILES string of the molecule is O=C(/C=C/c1ccccc1Cl)N(Cc1ccsc1)C1CC1. The third-order valence-corrected chi connectivity index (χ3v) is 4.59. The van der Waals surface area contributed by atoms with E-state index in [-0.39, 0.29) is 5.91 Å². The standard InChI is InChI=1S/C17H16ClNOS/c18-16-4-2-1-3-14(16)5-8-17(20)19(15-6-7-15)11-13-9-10-21-12-13/h1-5,8-10,12,15H,6-7,11H2/b8-5+. The zero-order chi connectivity index (χ0) is 14.7. The van der Waals surface area contributed by atoms with Crippen molar-refractivity contribution in [1.82, 2.24) is 4.90 Å². The molecule has 1 amide bonds. The summed E-state index contributed by atoms with van der Waals surface area (Å²) in [5.41, 5.74) is 2.07. The largest absolute Gasteiger partial charge is 0.332 e. The third-order valence-electron chi connectivity index (χ3n) is 3.51. The Labute approximate surface area is 133 Å². The number of nitrogens with zero attached hydrogens (tertiary/aromatic N) is 1. The fourth-order valence-corrected chi connectivity index (χ4v) is 3.08. The second kappa shape index (κ2) is 6.46. The molecule has 0 spiro atoms. The van der Waals surface area contributed by atoms with Crippen LogP contribution in [0.1, 0.15) is 24.0 Å². The summed E-state index contributed by atoms with van der Waals surface area (Å²) in [7, 11) is 0. The van der Waals surface area contributed by atoms with Gasteiger partial charge in [0, 0.05) is 23.7 Å². The van der Waals surface area contributed by atoms with Crippen LogP contribution >= 0.6 is 22.9 Å². The van der Waals surface area contributed by atoms with Crippen molar-refractivity contribution in [3.05, 3.63) is 63.3 Å². The van der Waals surface area contributed by atoms with Crippen LogP contribution in [0.15, 0.2) is 47.2 Å². The van der Waals surface area contributed by atoms with Crippen LogP contribution in [0, 0.1) is 0 Å². The fourth-order valence-electron chi connectivity index (χ4n) is 2.22.